The van der Waals surface area contributed by atoms with Gasteiger partial charge in [0.15, 0.2) is 0 Å². The Bertz CT molecular complexity index is 483. The molecular formula is C26H44O4. The molecule has 0 spiro atoms. The summed E-state index contributed by atoms with van der Waals surface area (Å²) in [5.41, 5.74) is 0. The Morgan fingerprint density at radius 1 is 0.667 bits per heavy atom. The van der Waals surface area contributed by atoms with Crippen molar-refractivity contribution in [2.45, 2.75) is 76.4 Å². The number of hydrogen-bond donors (Lipinski definition) is 2. The molecule has 0 bridgehead atoms. The van der Waals surface area contributed by atoms with Crippen LogP contribution in [0, 0.1) is 35.5 Å². The van der Waals surface area contributed by atoms with Crippen molar-refractivity contribution in [2.75, 3.05) is 27.4 Å². The number of ether oxygens (including phenoxy) is 2. The molecule has 4 unspecified atom stereocenters. The molecule has 30 heavy (non-hydrogen) atoms. The van der Waals surface area contributed by atoms with E-state index in [9.17, 15) is 10.2 Å². The van der Waals surface area contributed by atoms with Gasteiger partial charge < -0.3 is 19.7 Å². The third kappa shape index (κ3) is 6.66. The fourth-order valence-corrected chi connectivity index (χ4v) is 5.91. The van der Waals surface area contributed by atoms with Crippen LogP contribution in [0.5, 0.6) is 0 Å². The van der Waals surface area contributed by atoms with Gasteiger partial charge >= 0.3 is 0 Å². The lowest BCUT2D eigenvalue weighted by Crippen LogP contribution is -2.36. The summed E-state index contributed by atoms with van der Waals surface area (Å²) < 4.78 is 11.4. The lowest BCUT2D eigenvalue weighted by atomic mass is 9.71. The summed E-state index contributed by atoms with van der Waals surface area (Å²) >= 11 is 0. The Morgan fingerprint density at radius 3 is 1.80 bits per heavy atom. The number of aliphatic hydroxyl groups excluding tert-OH is 2. The molecule has 172 valence electrons. The van der Waals surface area contributed by atoms with Crippen molar-refractivity contribution in [2.24, 2.45) is 35.5 Å². The van der Waals surface area contributed by atoms with E-state index in [1.807, 2.05) is 14.2 Å². The fourth-order valence-electron chi connectivity index (χ4n) is 5.91. The lowest BCUT2D eigenvalue weighted by molar-refractivity contribution is -0.00603. The van der Waals surface area contributed by atoms with Crippen LogP contribution in [0.15, 0.2) is 24.3 Å². The van der Waals surface area contributed by atoms with E-state index in [-0.39, 0.29) is 12.7 Å². The minimum atomic E-state index is 0.207. The van der Waals surface area contributed by atoms with Crippen molar-refractivity contribution in [1.82, 2.24) is 0 Å². The maximum Gasteiger partial charge on any atom is 0.0637 e. The summed E-state index contributed by atoms with van der Waals surface area (Å²) in [6.07, 6.45) is 21.8. The van der Waals surface area contributed by atoms with Crippen LogP contribution in [0.25, 0.3) is 0 Å². The number of aliphatic hydroxyl groups is 2. The van der Waals surface area contributed by atoms with Gasteiger partial charge in [-0.3, -0.25) is 0 Å². The number of methoxy groups -OCH3 is 2. The summed E-state index contributed by atoms with van der Waals surface area (Å²) in [4.78, 5) is 0. The molecule has 3 fully saturated rings. The molecule has 0 aromatic carbocycles. The highest BCUT2D eigenvalue weighted by molar-refractivity contribution is 5.06. The second-order valence-corrected chi connectivity index (χ2v) is 10.0. The van der Waals surface area contributed by atoms with Crippen LogP contribution >= 0.6 is 0 Å². The Morgan fingerprint density at radius 2 is 1.27 bits per heavy atom. The molecule has 3 aliphatic carbocycles. The second kappa shape index (κ2) is 12.4. The minimum Gasteiger partial charge on any atom is -0.396 e. The van der Waals surface area contributed by atoms with E-state index in [1.165, 1.54) is 38.5 Å². The topological polar surface area (TPSA) is 58.9 Å². The molecule has 0 saturated heterocycles. The molecule has 4 heteroatoms. The molecule has 0 aromatic heterocycles. The van der Waals surface area contributed by atoms with Crippen molar-refractivity contribution in [3.8, 4) is 0 Å². The van der Waals surface area contributed by atoms with E-state index in [4.69, 9.17) is 9.47 Å². The molecule has 3 aliphatic rings. The van der Waals surface area contributed by atoms with Gasteiger partial charge in [-0.05, 0) is 93.8 Å². The van der Waals surface area contributed by atoms with E-state index in [1.54, 1.807) is 0 Å². The van der Waals surface area contributed by atoms with E-state index in [0.717, 1.165) is 25.7 Å². The van der Waals surface area contributed by atoms with Gasteiger partial charge in [0.2, 0.25) is 0 Å². The van der Waals surface area contributed by atoms with Gasteiger partial charge in [-0.15, -0.1) is 0 Å². The van der Waals surface area contributed by atoms with E-state index < -0.39 is 0 Å². The van der Waals surface area contributed by atoms with Gasteiger partial charge in [-0.1, -0.05) is 24.3 Å². The summed E-state index contributed by atoms with van der Waals surface area (Å²) in [5.74, 6) is 2.96. The monoisotopic (exact) mass is 420 g/mol. The molecular weight excluding hydrogens is 376 g/mol. The smallest absolute Gasteiger partial charge is 0.0637 e. The third-order valence-corrected chi connectivity index (χ3v) is 8.16. The molecule has 4 nitrogen and oxygen atoms in total. The van der Waals surface area contributed by atoms with Crippen LogP contribution in [0.3, 0.4) is 0 Å². The highest BCUT2D eigenvalue weighted by Gasteiger charge is 2.35. The summed E-state index contributed by atoms with van der Waals surface area (Å²) in [6.45, 7) is 0.578. The predicted molar refractivity (Wildman–Crippen MR) is 121 cm³/mol. The molecule has 0 radical (unpaired) electrons. The Balaban J connectivity index is 1.57. The van der Waals surface area contributed by atoms with Gasteiger partial charge in [0.1, 0.15) is 0 Å². The molecule has 3 saturated carbocycles. The second-order valence-electron chi connectivity index (χ2n) is 10.0. The van der Waals surface area contributed by atoms with Crippen molar-refractivity contribution >= 4 is 0 Å². The standard InChI is InChI=1S/C26H44O4/c1-29-25-13-9-20(10-14-25)8-12-23-15-22(24(18-28)16-26(23)30-2)11-7-19-3-5-21(17-27)6-4-19/h7-8,11-12,19-28H,3-6,9-10,13-18H2,1-2H3/b11-7+,12-8+. The molecule has 3 rings (SSSR count). The molecule has 2 N–H and O–H groups in total. The van der Waals surface area contributed by atoms with Gasteiger partial charge in [0.25, 0.3) is 0 Å². The van der Waals surface area contributed by atoms with Crippen LogP contribution in [0.2, 0.25) is 0 Å². The first-order chi connectivity index (χ1) is 14.7. The van der Waals surface area contributed by atoms with Gasteiger partial charge in [-0.2, -0.15) is 0 Å². The molecule has 0 heterocycles. The van der Waals surface area contributed by atoms with E-state index in [0.29, 0.717) is 48.2 Å². The zero-order valence-corrected chi connectivity index (χ0v) is 19.1. The van der Waals surface area contributed by atoms with Gasteiger partial charge in [-0.25, -0.2) is 0 Å². The highest BCUT2D eigenvalue weighted by Crippen LogP contribution is 2.39. The largest absolute Gasteiger partial charge is 0.396 e. The maximum absolute atomic E-state index is 10.00. The number of hydrogen-bond acceptors (Lipinski definition) is 4. The maximum atomic E-state index is 10.00. The fraction of sp³-hybridized carbons (Fsp3) is 0.846. The molecule has 4 atom stereocenters. The quantitative estimate of drug-likeness (QED) is 0.556. The first-order valence-electron chi connectivity index (χ1n) is 12.3. The first kappa shape index (κ1) is 24.0. The first-order valence-corrected chi connectivity index (χ1v) is 12.3. The van der Waals surface area contributed by atoms with Crippen LogP contribution in [-0.4, -0.2) is 49.9 Å². The van der Waals surface area contributed by atoms with Crippen molar-refractivity contribution in [1.29, 1.82) is 0 Å². The van der Waals surface area contributed by atoms with Crippen LogP contribution in [0.1, 0.15) is 64.2 Å². The summed E-state index contributed by atoms with van der Waals surface area (Å²) in [5, 5.41) is 19.4. The zero-order chi connectivity index (χ0) is 21.3. The SMILES string of the molecule is COC1CCC(/C=C/C2CC(/C=C/C3CCC(CO)CC3)C(CO)CC2OC)CC1. The Kier molecular flexibility index (Phi) is 9.89. The lowest BCUT2D eigenvalue weighted by Gasteiger charge is -2.38. The van der Waals surface area contributed by atoms with Crippen molar-refractivity contribution in [3.05, 3.63) is 24.3 Å². The third-order valence-electron chi connectivity index (χ3n) is 8.16. The van der Waals surface area contributed by atoms with Crippen LogP contribution < -0.4 is 0 Å². The van der Waals surface area contributed by atoms with E-state index in [2.05, 4.69) is 24.3 Å². The zero-order valence-electron chi connectivity index (χ0n) is 19.1. The average molecular weight is 421 g/mol. The molecule has 0 amide bonds. The van der Waals surface area contributed by atoms with Crippen LogP contribution in [-0.2, 0) is 9.47 Å². The van der Waals surface area contributed by atoms with Crippen molar-refractivity contribution in [3.63, 3.8) is 0 Å². The molecule has 0 aliphatic heterocycles. The van der Waals surface area contributed by atoms with Crippen molar-refractivity contribution < 1.29 is 19.7 Å². The highest BCUT2D eigenvalue weighted by atomic mass is 16.5. The predicted octanol–water partition coefficient (Wildman–Crippen LogP) is 4.75. The average Bonchev–Trinajstić information content (AvgIpc) is 2.81. The Labute approximate surface area is 183 Å². The number of rotatable bonds is 8. The molecule has 0 aromatic rings. The normalized spacial score (nSPS) is 40.9. The Hall–Kier alpha value is -0.680. The minimum absolute atomic E-state index is 0.207. The number of allylic oxidation sites excluding steroid dienone is 3. The van der Waals surface area contributed by atoms with E-state index >= 15 is 0 Å². The van der Waals surface area contributed by atoms with Gasteiger partial charge in [0.05, 0.1) is 12.2 Å². The summed E-state index contributed by atoms with van der Waals surface area (Å²) in [7, 11) is 3.65. The van der Waals surface area contributed by atoms with Gasteiger partial charge in [0, 0.05) is 33.4 Å². The summed E-state index contributed by atoms with van der Waals surface area (Å²) in [6, 6.07) is 0. The van der Waals surface area contributed by atoms with Crippen LogP contribution in [0.4, 0.5) is 0 Å².